The van der Waals surface area contributed by atoms with Gasteiger partial charge in [-0.2, -0.15) is 0 Å². The molecule has 0 aliphatic rings. The number of allylic oxidation sites excluding steroid dienone is 4. The van der Waals surface area contributed by atoms with Crippen LogP contribution in [0.25, 0.3) is 0 Å². The van der Waals surface area contributed by atoms with Crippen LogP contribution in [-0.4, -0.2) is 47.4 Å². The first-order valence-corrected chi connectivity index (χ1v) is 35.6. The number of aliphatic hydroxyl groups is 2. The highest BCUT2D eigenvalue weighted by molar-refractivity contribution is 5.76. The maximum atomic E-state index is 12.5. The van der Waals surface area contributed by atoms with Crippen LogP contribution in [0.3, 0.4) is 0 Å². The molecule has 0 aromatic rings. The molecule has 6 nitrogen and oxygen atoms in total. The zero-order chi connectivity index (χ0) is 56.4. The highest BCUT2D eigenvalue weighted by atomic mass is 16.5. The fraction of sp³-hybridized carbons (Fsp3) is 0.917. The summed E-state index contributed by atoms with van der Waals surface area (Å²) in [5.74, 6) is -0.0182. The van der Waals surface area contributed by atoms with Gasteiger partial charge < -0.3 is 20.3 Å². The molecule has 1 amide bonds. The van der Waals surface area contributed by atoms with Crippen LogP contribution in [0.4, 0.5) is 0 Å². The predicted octanol–water partition coefficient (Wildman–Crippen LogP) is 22.9. The van der Waals surface area contributed by atoms with E-state index in [4.69, 9.17) is 4.74 Å². The van der Waals surface area contributed by atoms with Crippen molar-refractivity contribution in [2.45, 2.75) is 411 Å². The fourth-order valence-electron chi connectivity index (χ4n) is 11.3. The molecule has 2 unspecified atom stereocenters. The van der Waals surface area contributed by atoms with Crippen molar-refractivity contribution in [3.05, 3.63) is 24.3 Å². The third-order valence-electron chi connectivity index (χ3n) is 16.7. The van der Waals surface area contributed by atoms with Gasteiger partial charge in [0.25, 0.3) is 0 Å². The Labute approximate surface area is 488 Å². The van der Waals surface area contributed by atoms with Crippen LogP contribution in [-0.2, 0) is 14.3 Å². The molecule has 0 aromatic heterocycles. The fourth-order valence-corrected chi connectivity index (χ4v) is 11.3. The van der Waals surface area contributed by atoms with Crippen LogP contribution in [0.1, 0.15) is 399 Å². The van der Waals surface area contributed by atoms with E-state index in [1.807, 2.05) is 0 Å². The molecule has 3 N–H and O–H groups in total. The third-order valence-corrected chi connectivity index (χ3v) is 16.7. The third kappa shape index (κ3) is 63.5. The smallest absolute Gasteiger partial charge is 0.305 e. The van der Waals surface area contributed by atoms with Crippen LogP contribution < -0.4 is 5.32 Å². The Bertz CT molecular complexity index is 1220. The van der Waals surface area contributed by atoms with Crippen molar-refractivity contribution in [2.24, 2.45) is 0 Å². The highest BCUT2D eigenvalue weighted by Gasteiger charge is 2.20. The van der Waals surface area contributed by atoms with Gasteiger partial charge >= 0.3 is 5.97 Å². The van der Waals surface area contributed by atoms with E-state index < -0.39 is 12.1 Å². The standard InChI is InChI=1S/C72H139NO5/c1-3-5-7-9-11-13-15-41-45-48-52-56-60-64-70(75)69(68-74)73-71(76)65-61-57-53-49-46-42-39-37-35-33-31-29-27-25-23-21-19-17-16-18-20-22-24-26-28-30-32-34-36-38-40-43-47-51-55-59-63-67-78-72(77)66-62-58-54-50-44-14-12-10-8-6-4-2/h10,12,16,18,69-70,74-75H,3-9,11,13-15,17,19-68H2,1-2H3,(H,73,76)/b12-10-,18-16-. The van der Waals surface area contributed by atoms with Gasteiger partial charge in [-0.3, -0.25) is 9.59 Å². The van der Waals surface area contributed by atoms with Gasteiger partial charge in [-0.1, -0.05) is 340 Å². The summed E-state index contributed by atoms with van der Waals surface area (Å²) < 4.78 is 5.47. The second kappa shape index (κ2) is 67.8. The number of aliphatic hydroxyl groups excluding tert-OH is 2. The number of hydrogen-bond donors (Lipinski definition) is 3. The Balaban J connectivity index is 3.32. The average Bonchev–Trinajstić information content (AvgIpc) is 3.44. The van der Waals surface area contributed by atoms with E-state index in [0.29, 0.717) is 25.9 Å². The van der Waals surface area contributed by atoms with Crippen molar-refractivity contribution < 1.29 is 24.5 Å². The molecule has 0 aliphatic heterocycles. The summed E-state index contributed by atoms with van der Waals surface area (Å²) in [5.41, 5.74) is 0. The molecular formula is C72H139NO5. The first kappa shape index (κ1) is 76.3. The molecule has 78 heavy (non-hydrogen) atoms. The molecule has 0 aromatic carbocycles. The van der Waals surface area contributed by atoms with Crippen molar-refractivity contribution >= 4 is 11.9 Å². The molecule has 462 valence electrons. The normalized spacial score (nSPS) is 12.6. The maximum absolute atomic E-state index is 12.5. The van der Waals surface area contributed by atoms with E-state index in [2.05, 4.69) is 43.5 Å². The van der Waals surface area contributed by atoms with E-state index in [0.717, 1.165) is 44.9 Å². The zero-order valence-corrected chi connectivity index (χ0v) is 52.9. The van der Waals surface area contributed by atoms with E-state index >= 15 is 0 Å². The second-order valence-electron chi connectivity index (χ2n) is 24.6. The van der Waals surface area contributed by atoms with Gasteiger partial charge in [-0.25, -0.2) is 0 Å². The van der Waals surface area contributed by atoms with Crippen molar-refractivity contribution in [3.8, 4) is 0 Å². The molecule has 2 atom stereocenters. The van der Waals surface area contributed by atoms with Crippen LogP contribution in [0, 0.1) is 0 Å². The average molecular weight is 1100 g/mol. The molecule has 0 aliphatic carbocycles. The summed E-state index contributed by atoms with van der Waals surface area (Å²) >= 11 is 0. The number of hydrogen-bond acceptors (Lipinski definition) is 5. The number of esters is 1. The molecule has 0 rings (SSSR count). The lowest BCUT2D eigenvalue weighted by molar-refractivity contribution is -0.143. The van der Waals surface area contributed by atoms with E-state index in [1.54, 1.807) is 0 Å². The second-order valence-corrected chi connectivity index (χ2v) is 24.6. The number of ether oxygens (including phenoxy) is 1. The Hall–Kier alpha value is -1.66. The molecule has 0 heterocycles. The molecule has 6 heteroatoms. The van der Waals surface area contributed by atoms with Gasteiger partial charge in [-0.05, 0) is 70.6 Å². The minimum Gasteiger partial charge on any atom is -0.466 e. The zero-order valence-electron chi connectivity index (χ0n) is 52.9. The van der Waals surface area contributed by atoms with Gasteiger partial charge in [0, 0.05) is 12.8 Å². The number of unbranched alkanes of at least 4 members (excludes halogenated alkanes) is 52. The molecule has 0 bridgehead atoms. The van der Waals surface area contributed by atoms with Gasteiger partial charge in [0.1, 0.15) is 0 Å². The van der Waals surface area contributed by atoms with Crippen LogP contribution in [0.2, 0.25) is 0 Å². The molecular weight excluding hydrogens is 959 g/mol. The first-order valence-electron chi connectivity index (χ1n) is 35.6. The quantitative estimate of drug-likeness (QED) is 0.0320. The maximum Gasteiger partial charge on any atom is 0.305 e. The molecule has 0 saturated carbocycles. The van der Waals surface area contributed by atoms with Crippen molar-refractivity contribution in [2.75, 3.05) is 13.2 Å². The number of amides is 1. The summed E-state index contributed by atoms with van der Waals surface area (Å²) in [5, 5.41) is 23.3. The lowest BCUT2D eigenvalue weighted by Crippen LogP contribution is -2.45. The van der Waals surface area contributed by atoms with E-state index in [-0.39, 0.29) is 18.5 Å². The summed E-state index contributed by atoms with van der Waals surface area (Å²) in [7, 11) is 0. The molecule has 0 saturated heterocycles. The number of nitrogens with one attached hydrogen (secondary N) is 1. The minimum absolute atomic E-state index is 0.0107. The Morgan fingerprint density at radius 2 is 0.615 bits per heavy atom. The summed E-state index contributed by atoms with van der Waals surface area (Å²) in [4.78, 5) is 24.5. The Morgan fingerprint density at radius 1 is 0.346 bits per heavy atom. The van der Waals surface area contributed by atoms with Crippen LogP contribution in [0.15, 0.2) is 24.3 Å². The molecule has 0 spiro atoms. The van der Waals surface area contributed by atoms with Gasteiger partial charge in [0.05, 0.1) is 25.4 Å². The van der Waals surface area contributed by atoms with Crippen molar-refractivity contribution in [3.63, 3.8) is 0 Å². The number of carbonyl (C=O) groups excluding carboxylic acids is 2. The first-order chi connectivity index (χ1) is 38.5. The van der Waals surface area contributed by atoms with Gasteiger partial charge in [0.15, 0.2) is 0 Å². The van der Waals surface area contributed by atoms with Gasteiger partial charge in [-0.15, -0.1) is 0 Å². The topological polar surface area (TPSA) is 95.9 Å². The minimum atomic E-state index is -0.660. The van der Waals surface area contributed by atoms with Crippen molar-refractivity contribution in [1.29, 1.82) is 0 Å². The summed E-state index contributed by atoms with van der Waals surface area (Å²) in [6.45, 7) is 4.94. The lowest BCUT2D eigenvalue weighted by atomic mass is 10.0. The summed E-state index contributed by atoms with van der Waals surface area (Å²) in [6, 6.07) is -0.537. The Morgan fingerprint density at radius 3 is 0.949 bits per heavy atom. The van der Waals surface area contributed by atoms with Crippen molar-refractivity contribution in [1.82, 2.24) is 5.32 Å². The van der Waals surface area contributed by atoms with E-state index in [1.165, 1.54) is 321 Å². The van der Waals surface area contributed by atoms with Crippen LogP contribution >= 0.6 is 0 Å². The van der Waals surface area contributed by atoms with E-state index in [9.17, 15) is 19.8 Å². The molecule has 0 fully saturated rings. The predicted molar refractivity (Wildman–Crippen MR) is 343 cm³/mol. The summed E-state index contributed by atoms with van der Waals surface area (Å²) in [6.07, 6.45) is 85.4. The van der Waals surface area contributed by atoms with Gasteiger partial charge in [0.2, 0.25) is 5.91 Å². The highest BCUT2D eigenvalue weighted by Crippen LogP contribution is 2.19. The Kier molecular flexibility index (Phi) is 66.4. The van der Waals surface area contributed by atoms with Crippen LogP contribution in [0.5, 0.6) is 0 Å². The monoisotopic (exact) mass is 1100 g/mol. The number of carbonyl (C=O) groups is 2. The largest absolute Gasteiger partial charge is 0.466 e. The SMILES string of the molecule is CCCC/C=C\CCCCCCCC(=O)OCCCCCCCCCCCCCCCCCC/C=C\CCCCCCCCCCCCCCCCCCCC(=O)NC(CO)C(O)CCCCCCCCCCCCCCC. The molecule has 0 radical (unpaired) electrons. The lowest BCUT2D eigenvalue weighted by Gasteiger charge is -2.22. The number of rotatable bonds is 67.